The molecule has 7 rings (SSSR count). The van der Waals surface area contributed by atoms with E-state index in [0.717, 1.165) is 48.5 Å². The topological polar surface area (TPSA) is 76.2 Å². The van der Waals surface area contributed by atoms with Crippen molar-refractivity contribution in [3.8, 4) is 0 Å². The van der Waals surface area contributed by atoms with Gasteiger partial charge in [-0.3, -0.25) is 14.5 Å². The molecule has 3 heterocycles. The van der Waals surface area contributed by atoms with Gasteiger partial charge in [0.15, 0.2) is 0 Å². The summed E-state index contributed by atoms with van der Waals surface area (Å²) in [5.74, 6) is 3.26. The monoisotopic (exact) mass is 729 g/mol. The molecule has 1 saturated carbocycles. The average molecular weight is 730 g/mol. The summed E-state index contributed by atoms with van der Waals surface area (Å²) in [7, 11) is 4.12. The van der Waals surface area contributed by atoms with Gasteiger partial charge in [0.1, 0.15) is 12.0 Å². The maximum absolute atomic E-state index is 15.1. The summed E-state index contributed by atoms with van der Waals surface area (Å²) in [6.07, 6.45) is 10.1. The van der Waals surface area contributed by atoms with Gasteiger partial charge in [0.25, 0.3) is 0 Å². The van der Waals surface area contributed by atoms with Gasteiger partial charge in [-0.15, -0.1) is 0 Å². The second kappa shape index (κ2) is 17.6. The van der Waals surface area contributed by atoms with Gasteiger partial charge in [0.2, 0.25) is 11.8 Å². The zero-order chi connectivity index (χ0) is 37.5. The van der Waals surface area contributed by atoms with E-state index in [9.17, 15) is 9.59 Å². The van der Waals surface area contributed by atoms with Crippen LogP contribution >= 0.6 is 0 Å². The molecule has 3 aromatic carbocycles. The highest BCUT2D eigenvalue weighted by molar-refractivity contribution is 5.88. The smallest absolute Gasteiger partial charge is 0.242 e. The maximum Gasteiger partial charge on any atom is 0.242 e. The molecule has 0 bridgehead atoms. The van der Waals surface area contributed by atoms with Gasteiger partial charge in [-0.1, -0.05) is 110 Å². The van der Waals surface area contributed by atoms with Crippen LogP contribution in [-0.4, -0.2) is 109 Å². The second-order valence-electron chi connectivity index (χ2n) is 16.6. The van der Waals surface area contributed by atoms with Crippen molar-refractivity contribution >= 4 is 17.8 Å². The van der Waals surface area contributed by atoms with Crippen molar-refractivity contribution < 1.29 is 14.4 Å². The van der Waals surface area contributed by atoms with Gasteiger partial charge in [-0.25, -0.2) is 4.79 Å². The minimum atomic E-state index is -0.734. The van der Waals surface area contributed by atoms with Crippen molar-refractivity contribution in [3.05, 3.63) is 113 Å². The number of rotatable bonds is 12. The Kier molecular flexibility index (Phi) is 12.5. The number of nitrogens with zero attached hydrogens (tertiary/aromatic N) is 4. The summed E-state index contributed by atoms with van der Waals surface area (Å²) in [6.45, 7) is 5.04. The van der Waals surface area contributed by atoms with Crippen LogP contribution in [0.5, 0.6) is 0 Å². The first-order chi connectivity index (χ1) is 26.4. The van der Waals surface area contributed by atoms with Crippen LogP contribution in [0.1, 0.15) is 80.9 Å². The molecule has 8 heteroatoms. The summed E-state index contributed by atoms with van der Waals surface area (Å²) in [5, 5.41) is 3.30. The number of likely N-dealkylation sites (tertiary alicyclic amines) is 3. The quantitative estimate of drug-likeness (QED) is 0.179. The molecule has 286 valence electrons. The molecule has 4 aliphatic rings. The SMILES string of the molecule is CN(C)[C@H]1C[C@@H](N2CCC(=C=O)[C@@H]2C(=O)NC[C@H]2CCCN(CC3CCCCC3)C2)N(C(=O)CC(c2ccccc2)(c2ccccc2)c2ccccc2)C1. The largest absolute Gasteiger partial charge is 0.354 e. The van der Waals surface area contributed by atoms with Crippen molar-refractivity contribution in [1.29, 1.82) is 0 Å². The lowest BCUT2D eigenvalue weighted by atomic mass is 9.67. The summed E-state index contributed by atoms with van der Waals surface area (Å²) < 4.78 is 0. The fourth-order valence-electron chi connectivity index (χ4n) is 10.1. The summed E-state index contributed by atoms with van der Waals surface area (Å²) in [6, 6.07) is 30.5. The van der Waals surface area contributed by atoms with Crippen molar-refractivity contribution in [2.24, 2.45) is 11.8 Å². The average Bonchev–Trinajstić information content (AvgIpc) is 3.86. The van der Waals surface area contributed by atoms with Crippen LogP contribution in [0.25, 0.3) is 0 Å². The second-order valence-corrected chi connectivity index (χ2v) is 16.6. The van der Waals surface area contributed by atoms with Crippen LogP contribution in [0.2, 0.25) is 0 Å². The van der Waals surface area contributed by atoms with Crippen LogP contribution in [0.15, 0.2) is 96.6 Å². The molecular weight excluding hydrogens is 671 g/mol. The number of carbonyl (C=O) groups is 2. The van der Waals surface area contributed by atoms with E-state index in [1.54, 1.807) is 0 Å². The molecule has 3 saturated heterocycles. The predicted octanol–water partition coefficient (Wildman–Crippen LogP) is 6.14. The van der Waals surface area contributed by atoms with E-state index in [4.69, 9.17) is 0 Å². The van der Waals surface area contributed by atoms with Crippen LogP contribution in [0, 0.1) is 11.8 Å². The van der Waals surface area contributed by atoms with Crippen LogP contribution in [0.3, 0.4) is 0 Å². The molecule has 0 unspecified atom stereocenters. The Morgan fingerprint density at radius 3 is 1.94 bits per heavy atom. The van der Waals surface area contributed by atoms with E-state index in [1.807, 2.05) is 59.5 Å². The summed E-state index contributed by atoms with van der Waals surface area (Å²) in [5.41, 5.74) is 2.92. The summed E-state index contributed by atoms with van der Waals surface area (Å²) in [4.78, 5) is 50.7. The lowest BCUT2D eigenvalue weighted by molar-refractivity contribution is -0.139. The van der Waals surface area contributed by atoms with Crippen LogP contribution < -0.4 is 5.32 Å². The molecule has 0 spiro atoms. The number of hydrogen-bond acceptors (Lipinski definition) is 6. The third-order valence-electron chi connectivity index (χ3n) is 13.0. The van der Waals surface area contributed by atoms with E-state index in [2.05, 4.69) is 76.5 Å². The fourth-order valence-corrected chi connectivity index (χ4v) is 10.1. The van der Waals surface area contributed by atoms with E-state index in [-0.39, 0.29) is 30.4 Å². The standard InChI is InChI=1S/C46H59N5O3/c1-48(2)41-28-42(50-27-25-37(34-52)44(50)45(54)47-30-36-18-15-26-49(32-36)31-35-16-7-3-8-17-35)51(33-41)43(53)29-46(38-19-9-4-10-20-38,39-21-11-5-12-22-39)40-23-13-6-14-24-40/h4-6,9-14,19-24,35-36,41-42,44H,3,7-8,15-18,25-33H2,1-2H3,(H,47,54)/t36-,41+,42+,44-/m1/s1. The highest BCUT2D eigenvalue weighted by Gasteiger charge is 2.49. The first kappa shape index (κ1) is 38.2. The Morgan fingerprint density at radius 2 is 1.37 bits per heavy atom. The van der Waals surface area contributed by atoms with E-state index in [0.29, 0.717) is 44.0 Å². The van der Waals surface area contributed by atoms with Crippen molar-refractivity contribution in [2.45, 2.75) is 87.9 Å². The van der Waals surface area contributed by atoms with Gasteiger partial charge in [0.05, 0.1) is 11.6 Å². The molecule has 4 fully saturated rings. The van der Waals surface area contributed by atoms with Gasteiger partial charge in [-0.2, -0.15) is 0 Å². The molecule has 0 radical (unpaired) electrons. The molecule has 3 aliphatic heterocycles. The molecule has 3 aromatic rings. The first-order valence-electron chi connectivity index (χ1n) is 20.5. The summed E-state index contributed by atoms with van der Waals surface area (Å²) >= 11 is 0. The fraction of sp³-hybridized carbons (Fsp3) is 0.522. The Bertz CT molecular complexity index is 1640. The zero-order valence-electron chi connectivity index (χ0n) is 32.4. The molecule has 54 heavy (non-hydrogen) atoms. The number of nitrogens with one attached hydrogen (secondary N) is 1. The van der Waals surface area contributed by atoms with E-state index in [1.165, 1.54) is 38.6 Å². The van der Waals surface area contributed by atoms with Gasteiger partial charge in [0, 0.05) is 50.8 Å². The van der Waals surface area contributed by atoms with E-state index < -0.39 is 11.5 Å². The number of piperidine rings is 1. The minimum Gasteiger partial charge on any atom is -0.354 e. The molecule has 0 aromatic heterocycles. The third-order valence-corrected chi connectivity index (χ3v) is 13.0. The molecule has 8 nitrogen and oxygen atoms in total. The number of hydrogen-bond donors (Lipinski definition) is 1. The lowest BCUT2D eigenvalue weighted by Crippen LogP contribution is -2.55. The lowest BCUT2D eigenvalue weighted by Gasteiger charge is -2.40. The Balaban J connectivity index is 1.13. The molecule has 2 amide bonds. The normalized spacial score (nSPS) is 24.5. The number of carbonyl (C=O) groups excluding carboxylic acids is 3. The van der Waals surface area contributed by atoms with Crippen molar-refractivity contribution in [3.63, 3.8) is 0 Å². The predicted molar refractivity (Wildman–Crippen MR) is 214 cm³/mol. The Morgan fingerprint density at radius 1 is 0.778 bits per heavy atom. The zero-order valence-corrected chi connectivity index (χ0v) is 32.4. The van der Waals surface area contributed by atoms with Crippen LogP contribution in [0.4, 0.5) is 0 Å². The molecular formula is C46H59N5O3. The van der Waals surface area contributed by atoms with Crippen LogP contribution in [-0.2, 0) is 19.8 Å². The molecule has 1 aliphatic carbocycles. The first-order valence-corrected chi connectivity index (χ1v) is 20.5. The Labute approximate surface area is 322 Å². The van der Waals surface area contributed by atoms with Crippen molar-refractivity contribution in [2.75, 3.05) is 53.4 Å². The maximum atomic E-state index is 15.1. The highest BCUT2D eigenvalue weighted by Crippen LogP contribution is 2.44. The number of amides is 2. The van der Waals surface area contributed by atoms with Gasteiger partial charge in [-0.05, 0) is 87.7 Å². The van der Waals surface area contributed by atoms with Gasteiger partial charge >= 0.3 is 0 Å². The van der Waals surface area contributed by atoms with E-state index >= 15 is 4.79 Å². The molecule has 4 atom stereocenters. The highest BCUT2D eigenvalue weighted by atomic mass is 16.2. The third kappa shape index (κ3) is 8.28. The Hall–Kier alpha value is -4.07. The van der Waals surface area contributed by atoms with Gasteiger partial charge < -0.3 is 20.0 Å². The molecule has 1 N–H and O–H groups in total. The number of benzene rings is 3. The number of likely N-dealkylation sites (N-methyl/N-ethyl adjacent to an activating group) is 1. The minimum absolute atomic E-state index is 0.0314. The van der Waals surface area contributed by atoms with Crippen molar-refractivity contribution in [1.82, 2.24) is 24.9 Å².